The first-order chi connectivity index (χ1) is 7.56. The van der Waals surface area contributed by atoms with E-state index in [-0.39, 0.29) is 25.0 Å². The smallest absolute Gasteiger partial charge is 0.0824 e. The van der Waals surface area contributed by atoms with Gasteiger partial charge in [-0.1, -0.05) is 20.3 Å². The van der Waals surface area contributed by atoms with E-state index in [2.05, 4.69) is 0 Å². The van der Waals surface area contributed by atoms with Gasteiger partial charge in [-0.2, -0.15) is 0 Å². The molecule has 0 aliphatic carbocycles. The van der Waals surface area contributed by atoms with Crippen LogP contribution >= 0.6 is 0 Å². The molecule has 0 saturated carbocycles. The molecular formula is C12H26O4. The third kappa shape index (κ3) is 5.80. The van der Waals surface area contributed by atoms with Crippen molar-refractivity contribution in [3.63, 3.8) is 0 Å². The SMILES string of the molecule is CCC(CO)CC(O)C(O)C(C)CCCO. The van der Waals surface area contributed by atoms with Crippen LogP contribution in [0.15, 0.2) is 0 Å². The number of hydrogen-bond donors (Lipinski definition) is 4. The molecule has 0 bridgehead atoms. The second-order valence-electron chi connectivity index (χ2n) is 4.59. The van der Waals surface area contributed by atoms with Gasteiger partial charge in [0.1, 0.15) is 0 Å². The molecule has 0 aliphatic heterocycles. The van der Waals surface area contributed by atoms with E-state index in [1.807, 2.05) is 13.8 Å². The summed E-state index contributed by atoms with van der Waals surface area (Å²) in [5.41, 5.74) is 0. The Bertz CT molecular complexity index is 159. The summed E-state index contributed by atoms with van der Waals surface area (Å²) < 4.78 is 0. The lowest BCUT2D eigenvalue weighted by Gasteiger charge is -2.26. The Kier molecular flexibility index (Phi) is 8.84. The summed E-state index contributed by atoms with van der Waals surface area (Å²) in [6.07, 6.45) is 1.01. The van der Waals surface area contributed by atoms with Gasteiger partial charge >= 0.3 is 0 Å². The van der Waals surface area contributed by atoms with Crippen molar-refractivity contribution < 1.29 is 20.4 Å². The van der Waals surface area contributed by atoms with Gasteiger partial charge in [-0.15, -0.1) is 0 Å². The standard InChI is InChI=1S/C12H26O4/c1-3-10(8-14)7-11(15)12(16)9(2)5-4-6-13/h9-16H,3-8H2,1-2H3. The lowest BCUT2D eigenvalue weighted by Crippen LogP contribution is -2.34. The van der Waals surface area contributed by atoms with E-state index in [1.54, 1.807) is 0 Å². The summed E-state index contributed by atoms with van der Waals surface area (Å²) in [7, 11) is 0. The summed E-state index contributed by atoms with van der Waals surface area (Å²) in [6, 6.07) is 0. The minimum Gasteiger partial charge on any atom is -0.396 e. The Morgan fingerprint density at radius 2 is 1.75 bits per heavy atom. The Balaban J connectivity index is 3.99. The number of hydrogen-bond acceptors (Lipinski definition) is 4. The highest BCUT2D eigenvalue weighted by molar-refractivity contribution is 4.75. The van der Waals surface area contributed by atoms with Crippen molar-refractivity contribution in [3.05, 3.63) is 0 Å². The van der Waals surface area contributed by atoms with Crippen LogP contribution in [0.2, 0.25) is 0 Å². The van der Waals surface area contributed by atoms with Crippen LogP contribution in [0, 0.1) is 11.8 Å². The first kappa shape index (κ1) is 15.8. The molecule has 0 heterocycles. The van der Waals surface area contributed by atoms with Crippen molar-refractivity contribution >= 4 is 0 Å². The largest absolute Gasteiger partial charge is 0.396 e. The number of aliphatic hydroxyl groups excluding tert-OH is 4. The molecule has 0 aromatic carbocycles. The fourth-order valence-corrected chi connectivity index (χ4v) is 1.81. The molecule has 0 aromatic rings. The highest BCUT2D eigenvalue weighted by atomic mass is 16.3. The van der Waals surface area contributed by atoms with Crippen LogP contribution < -0.4 is 0 Å². The van der Waals surface area contributed by atoms with Crippen molar-refractivity contribution in [2.75, 3.05) is 13.2 Å². The average Bonchev–Trinajstić information content (AvgIpc) is 2.31. The van der Waals surface area contributed by atoms with Crippen LogP contribution in [-0.2, 0) is 0 Å². The molecule has 4 atom stereocenters. The van der Waals surface area contributed by atoms with Gasteiger partial charge in [0.05, 0.1) is 12.2 Å². The predicted molar refractivity (Wildman–Crippen MR) is 63.0 cm³/mol. The van der Waals surface area contributed by atoms with Crippen LogP contribution in [0.3, 0.4) is 0 Å². The summed E-state index contributed by atoms with van der Waals surface area (Å²) >= 11 is 0. The third-order valence-corrected chi connectivity index (χ3v) is 3.21. The van der Waals surface area contributed by atoms with Crippen molar-refractivity contribution in [2.24, 2.45) is 11.8 Å². The van der Waals surface area contributed by atoms with Crippen LogP contribution in [-0.4, -0.2) is 45.8 Å². The van der Waals surface area contributed by atoms with Crippen LogP contribution in [0.5, 0.6) is 0 Å². The van der Waals surface area contributed by atoms with Crippen molar-refractivity contribution in [1.82, 2.24) is 0 Å². The second-order valence-corrected chi connectivity index (χ2v) is 4.59. The molecule has 4 nitrogen and oxygen atoms in total. The van der Waals surface area contributed by atoms with Crippen LogP contribution in [0.4, 0.5) is 0 Å². The zero-order chi connectivity index (χ0) is 12.6. The third-order valence-electron chi connectivity index (χ3n) is 3.21. The lowest BCUT2D eigenvalue weighted by atomic mass is 9.89. The normalized spacial score (nSPS) is 19.1. The molecule has 0 saturated heterocycles. The van der Waals surface area contributed by atoms with E-state index in [1.165, 1.54) is 0 Å². The minimum absolute atomic E-state index is 0.0293. The maximum atomic E-state index is 9.84. The van der Waals surface area contributed by atoms with Crippen LogP contribution in [0.25, 0.3) is 0 Å². The van der Waals surface area contributed by atoms with Gasteiger partial charge in [0.2, 0.25) is 0 Å². The van der Waals surface area contributed by atoms with Gasteiger partial charge in [0.15, 0.2) is 0 Å². The molecule has 0 amide bonds. The van der Waals surface area contributed by atoms with E-state index in [0.29, 0.717) is 19.3 Å². The molecule has 16 heavy (non-hydrogen) atoms. The van der Waals surface area contributed by atoms with Gasteiger partial charge in [-0.3, -0.25) is 0 Å². The first-order valence-corrected chi connectivity index (χ1v) is 6.14. The molecular weight excluding hydrogens is 208 g/mol. The van der Waals surface area contributed by atoms with Crippen molar-refractivity contribution in [1.29, 1.82) is 0 Å². The molecule has 4 unspecified atom stereocenters. The zero-order valence-corrected chi connectivity index (χ0v) is 10.3. The highest BCUT2D eigenvalue weighted by Crippen LogP contribution is 2.19. The lowest BCUT2D eigenvalue weighted by molar-refractivity contribution is -0.0313. The molecule has 0 aliphatic rings. The van der Waals surface area contributed by atoms with E-state index in [4.69, 9.17) is 10.2 Å². The van der Waals surface area contributed by atoms with Gasteiger partial charge in [-0.05, 0) is 31.1 Å². The molecule has 4 heteroatoms. The zero-order valence-electron chi connectivity index (χ0n) is 10.3. The van der Waals surface area contributed by atoms with E-state index in [0.717, 1.165) is 6.42 Å². The molecule has 98 valence electrons. The number of aliphatic hydroxyl groups is 4. The molecule has 0 rings (SSSR count). The molecule has 0 aromatic heterocycles. The van der Waals surface area contributed by atoms with E-state index >= 15 is 0 Å². The van der Waals surface area contributed by atoms with Gasteiger partial charge in [0.25, 0.3) is 0 Å². The minimum atomic E-state index is -0.786. The van der Waals surface area contributed by atoms with Crippen molar-refractivity contribution in [3.8, 4) is 0 Å². The highest BCUT2D eigenvalue weighted by Gasteiger charge is 2.24. The van der Waals surface area contributed by atoms with E-state index < -0.39 is 12.2 Å². The maximum absolute atomic E-state index is 9.84. The quantitative estimate of drug-likeness (QED) is 0.469. The summed E-state index contributed by atoms with van der Waals surface area (Å²) in [6.45, 7) is 3.98. The predicted octanol–water partition coefficient (Wildman–Crippen LogP) is 0.525. The van der Waals surface area contributed by atoms with E-state index in [9.17, 15) is 10.2 Å². The van der Waals surface area contributed by atoms with Gasteiger partial charge < -0.3 is 20.4 Å². The summed E-state index contributed by atoms with van der Waals surface area (Å²) in [5, 5.41) is 37.3. The Morgan fingerprint density at radius 3 is 2.19 bits per heavy atom. The van der Waals surface area contributed by atoms with Gasteiger partial charge in [-0.25, -0.2) is 0 Å². The molecule has 0 fully saturated rings. The fraction of sp³-hybridized carbons (Fsp3) is 1.00. The molecule has 0 spiro atoms. The number of rotatable bonds is 9. The van der Waals surface area contributed by atoms with Crippen molar-refractivity contribution in [2.45, 2.75) is 51.7 Å². The van der Waals surface area contributed by atoms with Crippen LogP contribution in [0.1, 0.15) is 39.5 Å². The molecule has 0 radical (unpaired) electrons. The monoisotopic (exact) mass is 234 g/mol. The second kappa shape index (κ2) is 8.93. The fourth-order valence-electron chi connectivity index (χ4n) is 1.81. The Labute approximate surface area is 97.9 Å². The Hall–Kier alpha value is -0.160. The topological polar surface area (TPSA) is 80.9 Å². The molecule has 4 N–H and O–H groups in total. The summed E-state index contributed by atoms with van der Waals surface area (Å²) in [5.74, 6) is 0.0213. The average molecular weight is 234 g/mol. The Morgan fingerprint density at radius 1 is 1.12 bits per heavy atom. The first-order valence-electron chi connectivity index (χ1n) is 6.14. The summed E-state index contributed by atoms with van der Waals surface area (Å²) in [4.78, 5) is 0. The van der Waals surface area contributed by atoms with Gasteiger partial charge in [0, 0.05) is 13.2 Å². The maximum Gasteiger partial charge on any atom is 0.0824 e.